The van der Waals surface area contributed by atoms with Crippen molar-refractivity contribution in [2.24, 2.45) is 0 Å². The van der Waals surface area contributed by atoms with E-state index in [4.69, 9.17) is 14.0 Å². The number of carboxylic acid groups (broad SMARTS) is 1. The van der Waals surface area contributed by atoms with Crippen LogP contribution < -0.4 is 31.3 Å². The van der Waals surface area contributed by atoms with Gasteiger partial charge in [0.15, 0.2) is 0 Å². The second-order valence-electron chi connectivity index (χ2n) is 6.89. The van der Waals surface area contributed by atoms with E-state index in [1.165, 1.54) is 6.07 Å². The van der Waals surface area contributed by atoms with Crippen LogP contribution in [0.25, 0.3) is 0 Å². The van der Waals surface area contributed by atoms with Gasteiger partial charge in [-0.3, -0.25) is 26.1 Å². The fraction of sp³-hybridized carbons (Fsp3) is 0.667. The summed E-state index contributed by atoms with van der Waals surface area (Å²) in [5, 5.41) is 27.4. The number of carbonyl (C=O) groups is 3. The first-order chi connectivity index (χ1) is 15.0. The molecular weight excluding hydrogens is 412 g/mol. The molecular formula is C18H30N6O7. The maximum Gasteiger partial charge on any atom is 0.409 e. The number of rotatable bonds is 15. The zero-order valence-electron chi connectivity index (χ0n) is 17.4. The SMILES string of the molecule is CCCCOC(=O)NC(Cc1cc(OCCCNC2NCCN2)no1)(NC=O)C(=O)O. The van der Waals surface area contributed by atoms with E-state index in [2.05, 4.69) is 31.7 Å². The molecule has 0 radical (unpaired) electrons. The molecule has 2 rings (SSSR count). The maximum absolute atomic E-state index is 12.0. The van der Waals surface area contributed by atoms with Crippen LogP contribution in [0.2, 0.25) is 0 Å². The smallest absolute Gasteiger partial charge is 0.409 e. The molecule has 1 aliphatic heterocycles. The topological polar surface area (TPSA) is 176 Å². The molecule has 1 saturated heterocycles. The predicted molar refractivity (Wildman–Crippen MR) is 107 cm³/mol. The van der Waals surface area contributed by atoms with Gasteiger partial charge >= 0.3 is 12.1 Å². The summed E-state index contributed by atoms with van der Waals surface area (Å²) < 4.78 is 15.5. The van der Waals surface area contributed by atoms with E-state index in [1.807, 2.05) is 6.92 Å². The highest BCUT2D eigenvalue weighted by molar-refractivity contribution is 5.86. The first kappa shape index (κ1) is 24.4. The lowest BCUT2D eigenvalue weighted by Gasteiger charge is -2.28. The van der Waals surface area contributed by atoms with Gasteiger partial charge in [-0.2, -0.15) is 0 Å². The summed E-state index contributed by atoms with van der Waals surface area (Å²) in [6.45, 7) is 4.95. The third kappa shape index (κ3) is 8.03. The summed E-state index contributed by atoms with van der Waals surface area (Å²) in [4.78, 5) is 34.8. The fourth-order valence-electron chi connectivity index (χ4n) is 2.79. The number of ether oxygens (including phenoxy) is 2. The van der Waals surface area contributed by atoms with E-state index in [0.29, 0.717) is 26.0 Å². The average molecular weight is 442 g/mol. The van der Waals surface area contributed by atoms with Crippen molar-refractivity contribution in [1.82, 2.24) is 31.7 Å². The number of hydrogen-bond acceptors (Lipinski definition) is 10. The third-order valence-electron chi connectivity index (χ3n) is 4.44. The van der Waals surface area contributed by atoms with E-state index in [9.17, 15) is 19.5 Å². The van der Waals surface area contributed by atoms with E-state index < -0.39 is 24.1 Å². The van der Waals surface area contributed by atoms with Gasteiger partial charge in [-0.15, -0.1) is 0 Å². The van der Waals surface area contributed by atoms with Gasteiger partial charge in [0.25, 0.3) is 5.88 Å². The Kier molecular flexibility index (Phi) is 10.00. The molecule has 174 valence electrons. The second kappa shape index (κ2) is 12.7. The van der Waals surface area contributed by atoms with Crippen molar-refractivity contribution in [1.29, 1.82) is 0 Å². The summed E-state index contributed by atoms with van der Waals surface area (Å²) in [5.41, 5.74) is -2.16. The van der Waals surface area contributed by atoms with Crippen LogP contribution in [0.3, 0.4) is 0 Å². The normalized spacial score (nSPS) is 15.8. The first-order valence-corrected chi connectivity index (χ1v) is 10.2. The molecule has 1 aromatic rings. The molecule has 0 bridgehead atoms. The van der Waals surface area contributed by atoms with Crippen LogP contribution in [0.15, 0.2) is 10.6 Å². The van der Waals surface area contributed by atoms with Crippen LogP contribution >= 0.6 is 0 Å². The van der Waals surface area contributed by atoms with Gasteiger partial charge in [0, 0.05) is 25.7 Å². The van der Waals surface area contributed by atoms with Gasteiger partial charge in [0.05, 0.1) is 19.6 Å². The molecule has 1 aromatic heterocycles. The zero-order valence-corrected chi connectivity index (χ0v) is 17.4. The molecule has 1 aliphatic rings. The van der Waals surface area contributed by atoms with E-state index in [-0.39, 0.29) is 30.9 Å². The van der Waals surface area contributed by atoms with Crippen molar-refractivity contribution in [2.45, 2.75) is 44.6 Å². The largest absolute Gasteiger partial charge is 0.478 e. The van der Waals surface area contributed by atoms with Crippen LogP contribution in [-0.4, -0.2) is 73.5 Å². The fourth-order valence-corrected chi connectivity index (χ4v) is 2.79. The number of carbonyl (C=O) groups excluding carboxylic acids is 2. The lowest BCUT2D eigenvalue weighted by molar-refractivity contribution is -0.147. The zero-order chi connectivity index (χ0) is 22.5. The summed E-state index contributed by atoms with van der Waals surface area (Å²) in [7, 11) is 0. The molecule has 6 N–H and O–H groups in total. The van der Waals surface area contributed by atoms with Crippen LogP contribution in [0.5, 0.6) is 5.88 Å². The molecule has 13 nitrogen and oxygen atoms in total. The number of nitrogens with one attached hydrogen (secondary N) is 5. The Morgan fingerprint density at radius 2 is 2.13 bits per heavy atom. The predicted octanol–water partition coefficient (Wildman–Crippen LogP) is -0.895. The minimum Gasteiger partial charge on any atom is -0.478 e. The summed E-state index contributed by atoms with van der Waals surface area (Å²) in [6, 6.07) is 1.40. The van der Waals surface area contributed by atoms with Crippen molar-refractivity contribution < 1.29 is 33.5 Å². The van der Waals surface area contributed by atoms with Crippen molar-refractivity contribution >= 4 is 18.5 Å². The Bertz CT molecular complexity index is 709. The van der Waals surface area contributed by atoms with Crippen LogP contribution in [0, 0.1) is 0 Å². The Labute approximate surface area is 179 Å². The van der Waals surface area contributed by atoms with Gasteiger partial charge < -0.3 is 24.4 Å². The number of aliphatic carboxylic acids is 1. The number of carboxylic acids is 1. The van der Waals surface area contributed by atoms with Gasteiger partial charge in [0.1, 0.15) is 12.0 Å². The number of aromatic nitrogens is 1. The molecule has 0 aliphatic carbocycles. The van der Waals surface area contributed by atoms with E-state index in [1.54, 1.807) is 0 Å². The molecule has 0 aromatic carbocycles. The van der Waals surface area contributed by atoms with Gasteiger partial charge in [-0.05, 0) is 18.0 Å². The van der Waals surface area contributed by atoms with Gasteiger partial charge in [-0.25, -0.2) is 9.59 Å². The third-order valence-corrected chi connectivity index (χ3v) is 4.44. The minimum atomic E-state index is -2.16. The monoisotopic (exact) mass is 442 g/mol. The van der Waals surface area contributed by atoms with Gasteiger partial charge in [-0.1, -0.05) is 13.3 Å². The molecule has 2 amide bonds. The van der Waals surface area contributed by atoms with Crippen molar-refractivity contribution in [2.75, 3.05) is 32.8 Å². The van der Waals surface area contributed by atoms with Gasteiger partial charge in [0.2, 0.25) is 12.1 Å². The highest BCUT2D eigenvalue weighted by atomic mass is 16.6. The molecule has 1 atom stereocenters. The molecule has 1 unspecified atom stereocenters. The number of alkyl carbamates (subject to hydrolysis) is 1. The highest BCUT2D eigenvalue weighted by Gasteiger charge is 2.42. The Morgan fingerprint density at radius 1 is 1.35 bits per heavy atom. The van der Waals surface area contributed by atoms with E-state index in [0.717, 1.165) is 19.5 Å². The standard InChI is InChI=1S/C18H30N6O7/c1-2-3-8-30-17(28)23-18(15(26)27,22-12-25)11-13-10-14(24-31-13)29-9-4-5-19-16-20-6-7-21-16/h10,12,16,19-21H,2-9,11H2,1H3,(H,22,25)(H,23,28)(H,26,27). The quantitative estimate of drug-likeness (QED) is 0.113. The molecule has 0 spiro atoms. The Balaban J connectivity index is 1.87. The number of amides is 2. The minimum absolute atomic E-state index is 0.0919. The van der Waals surface area contributed by atoms with Crippen molar-refractivity contribution in [3.05, 3.63) is 11.8 Å². The molecule has 31 heavy (non-hydrogen) atoms. The summed E-state index contributed by atoms with van der Waals surface area (Å²) >= 11 is 0. The van der Waals surface area contributed by atoms with Crippen molar-refractivity contribution in [3.8, 4) is 5.88 Å². The lowest BCUT2D eigenvalue weighted by Crippen LogP contribution is -2.65. The van der Waals surface area contributed by atoms with Crippen LogP contribution in [0.4, 0.5) is 4.79 Å². The molecule has 0 saturated carbocycles. The molecule has 1 fully saturated rings. The Hall–Kier alpha value is -2.90. The Morgan fingerprint density at radius 3 is 2.81 bits per heavy atom. The average Bonchev–Trinajstić information content (AvgIpc) is 3.40. The summed E-state index contributed by atoms with van der Waals surface area (Å²) in [6.07, 6.45) is 1.03. The first-order valence-electron chi connectivity index (χ1n) is 10.2. The number of hydrogen-bond donors (Lipinski definition) is 6. The van der Waals surface area contributed by atoms with Crippen LogP contribution in [0.1, 0.15) is 31.9 Å². The second-order valence-corrected chi connectivity index (χ2v) is 6.89. The van der Waals surface area contributed by atoms with E-state index >= 15 is 0 Å². The summed E-state index contributed by atoms with van der Waals surface area (Å²) in [5.74, 6) is -1.23. The van der Waals surface area contributed by atoms with Crippen LogP contribution in [-0.2, 0) is 20.7 Å². The molecule has 13 heteroatoms. The van der Waals surface area contributed by atoms with Crippen molar-refractivity contribution in [3.63, 3.8) is 0 Å². The lowest BCUT2D eigenvalue weighted by atomic mass is 10.0. The maximum atomic E-state index is 12.0. The molecule has 2 heterocycles. The number of unbranched alkanes of at least 4 members (excludes halogenated alkanes) is 1. The number of nitrogens with zero attached hydrogens (tertiary/aromatic N) is 1. The highest BCUT2D eigenvalue weighted by Crippen LogP contribution is 2.17.